The predicted molar refractivity (Wildman–Crippen MR) is 128 cm³/mol. The fraction of sp³-hybridized carbons (Fsp3) is 0.455. The van der Waals surface area contributed by atoms with Crippen LogP contribution in [0.4, 0.5) is 19.1 Å². The average Bonchev–Trinajstić information content (AvgIpc) is 3.19. The molecule has 1 fully saturated rings. The number of aliphatic imine (C=N–C) groups is 1. The minimum Gasteiger partial charge on any atom is -0.496 e. The normalized spacial score (nSPS) is 16.7. The summed E-state index contributed by atoms with van der Waals surface area (Å²) < 4.78 is 74.2. The van der Waals surface area contributed by atoms with E-state index in [1.54, 1.807) is 24.3 Å². The monoisotopic (exact) mass is 542 g/mol. The highest BCUT2D eigenvalue weighted by Gasteiger charge is 2.31. The van der Waals surface area contributed by atoms with Crippen LogP contribution >= 0.6 is 0 Å². The van der Waals surface area contributed by atoms with Crippen molar-refractivity contribution in [1.29, 1.82) is 0 Å². The molecule has 15 heteroatoms. The van der Waals surface area contributed by atoms with E-state index in [0.29, 0.717) is 58.6 Å². The van der Waals surface area contributed by atoms with Crippen molar-refractivity contribution in [3.8, 4) is 22.9 Å². The van der Waals surface area contributed by atoms with Crippen LogP contribution in [0, 0.1) is 0 Å². The van der Waals surface area contributed by atoms with Crippen LogP contribution in [0.1, 0.15) is 32.1 Å². The largest absolute Gasteiger partial charge is 0.496 e. The van der Waals surface area contributed by atoms with Crippen molar-refractivity contribution >= 4 is 32.7 Å². The maximum absolute atomic E-state index is 12.4. The molecule has 1 aromatic carbocycles. The Bertz CT molecular complexity index is 1410. The van der Waals surface area contributed by atoms with Gasteiger partial charge in [0.2, 0.25) is 21.6 Å². The number of sulfonamides is 1. The number of fused-ring (bicyclic) bond motifs is 1. The Hall–Kier alpha value is -3.46. The Morgan fingerprint density at radius 2 is 1.86 bits per heavy atom. The molecule has 0 bridgehead atoms. The number of nitrogens with zero attached hydrogens (tertiary/aromatic N) is 5. The second-order valence-corrected chi connectivity index (χ2v) is 10.3. The van der Waals surface area contributed by atoms with Gasteiger partial charge in [0, 0.05) is 17.3 Å². The van der Waals surface area contributed by atoms with Crippen molar-refractivity contribution in [3.05, 3.63) is 24.3 Å². The Morgan fingerprint density at radius 3 is 2.51 bits per heavy atom. The Balaban J connectivity index is 1.53. The van der Waals surface area contributed by atoms with Crippen molar-refractivity contribution in [3.63, 3.8) is 0 Å². The number of para-hydroxylation sites is 1. The number of ether oxygens (including phenoxy) is 2. The summed E-state index contributed by atoms with van der Waals surface area (Å²) in [4.78, 5) is 13.7. The van der Waals surface area contributed by atoms with E-state index in [1.807, 2.05) is 0 Å². The van der Waals surface area contributed by atoms with Gasteiger partial charge in [0.1, 0.15) is 16.8 Å². The number of hydrogen-bond donors (Lipinski definition) is 2. The van der Waals surface area contributed by atoms with Gasteiger partial charge in [-0.15, -0.1) is 5.10 Å². The topological polar surface area (TPSA) is 141 Å². The average molecular weight is 543 g/mol. The zero-order valence-electron chi connectivity index (χ0n) is 20.0. The summed E-state index contributed by atoms with van der Waals surface area (Å²) in [5.74, 6) is -0.325. The van der Waals surface area contributed by atoms with Crippen molar-refractivity contribution in [2.75, 3.05) is 20.0 Å². The Morgan fingerprint density at radius 1 is 1.16 bits per heavy atom. The van der Waals surface area contributed by atoms with Crippen molar-refractivity contribution in [2.45, 2.75) is 44.3 Å². The number of aromatic nitrogens is 4. The van der Waals surface area contributed by atoms with E-state index in [1.165, 1.54) is 14.2 Å². The van der Waals surface area contributed by atoms with Crippen LogP contribution in [0.25, 0.3) is 22.3 Å². The molecule has 37 heavy (non-hydrogen) atoms. The molecule has 1 aliphatic rings. The second-order valence-electron chi connectivity index (χ2n) is 8.42. The molecule has 0 radical (unpaired) electrons. The lowest BCUT2D eigenvalue weighted by molar-refractivity contribution is -0.130. The van der Waals surface area contributed by atoms with E-state index < -0.39 is 34.4 Å². The molecule has 2 aromatic heterocycles. The number of halogens is 3. The van der Waals surface area contributed by atoms with Crippen molar-refractivity contribution in [2.24, 2.45) is 4.99 Å². The molecule has 1 saturated carbocycles. The summed E-state index contributed by atoms with van der Waals surface area (Å²) in [5.41, 5.74) is 1.70. The van der Waals surface area contributed by atoms with E-state index in [9.17, 15) is 26.8 Å². The van der Waals surface area contributed by atoms with Crippen molar-refractivity contribution in [1.82, 2.24) is 24.6 Å². The number of alkyl halides is 3. The van der Waals surface area contributed by atoms with Gasteiger partial charge in [0.15, 0.2) is 0 Å². The zero-order chi connectivity index (χ0) is 26.8. The lowest BCUT2D eigenvalue weighted by Crippen LogP contribution is -2.39. The third-order valence-corrected chi connectivity index (χ3v) is 7.28. The molecule has 3 aromatic rings. The third kappa shape index (κ3) is 6.28. The van der Waals surface area contributed by atoms with E-state index in [-0.39, 0.29) is 17.5 Å². The highest BCUT2D eigenvalue weighted by Crippen LogP contribution is 2.38. The fourth-order valence-electron chi connectivity index (χ4n) is 4.07. The number of nitrogens with one attached hydrogen (secondary N) is 1. The molecule has 2 N–H and O–H groups in total. The van der Waals surface area contributed by atoms with Crippen LogP contribution in [-0.2, 0) is 10.0 Å². The zero-order valence-corrected chi connectivity index (χ0v) is 20.8. The predicted octanol–water partition coefficient (Wildman–Crippen LogP) is 3.63. The highest BCUT2D eigenvalue weighted by molar-refractivity contribution is 7.89. The van der Waals surface area contributed by atoms with E-state index in [0.717, 1.165) is 0 Å². The van der Waals surface area contributed by atoms with Crippen LogP contribution in [0.5, 0.6) is 11.6 Å². The number of rotatable bonds is 8. The van der Waals surface area contributed by atoms with Crippen LogP contribution in [0.3, 0.4) is 0 Å². The summed E-state index contributed by atoms with van der Waals surface area (Å²) in [6, 6.07) is 6.62. The smallest absolute Gasteiger partial charge is 0.390 e. The molecule has 2 heterocycles. The first-order valence-corrected chi connectivity index (χ1v) is 13.0. The Labute approximate surface area is 210 Å². The van der Waals surface area contributed by atoms with Crippen molar-refractivity contribution < 1.29 is 36.3 Å². The summed E-state index contributed by atoms with van der Waals surface area (Å²) >= 11 is 0. The van der Waals surface area contributed by atoms with E-state index >= 15 is 0 Å². The number of hydrogen-bond acceptors (Lipinski definition) is 9. The van der Waals surface area contributed by atoms with E-state index in [4.69, 9.17) is 9.47 Å². The van der Waals surface area contributed by atoms with E-state index in [2.05, 4.69) is 24.8 Å². The standard InChI is InChI=1S/C22H25F3N6O5S/c1-35-16-6-4-3-5-15(16)18-17-19(31(32)29-18)27-21(28-20(17)36-2)26-13-7-9-14(10-8-13)30-37(33,34)12-11-22(23,24)25/h3-6,14,30,32H,7-12H2,1-2H3. The molecule has 0 amide bonds. The van der Waals surface area contributed by atoms with Gasteiger partial charge < -0.3 is 14.7 Å². The molecule has 0 unspecified atom stereocenters. The molecule has 11 nitrogen and oxygen atoms in total. The summed E-state index contributed by atoms with van der Waals surface area (Å²) in [7, 11) is -1.12. The number of benzene rings is 1. The molecule has 4 rings (SSSR count). The maximum atomic E-state index is 12.4. The van der Waals surface area contributed by atoms with Gasteiger partial charge in [0.25, 0.3) is 5.95 Å². The van der Waals surface area contributed by atoms with Gasteiger partial charge in [0.05, 0.1) is 26.4 Å². The van der Waals surface area contributed by atoms with Crippen LogP contribution in [0.2, 0.25) is 0 Å². The molecule has 0 aliphatic heterocycles. The van der Waals surface area contributed by atoms with Gasteiger partial charge >= 0.3 is 6.18 Å². The van der Waals surface area contributed by atoms with Gasteiger partial charge in [-0.25, -0.2) is 18.1 Å². The molecular formula is C22H25F3N6O5S. The lowest BCUT2D eigenvalue weighted by atomic mass is 9.94. The Kier molecular flexibility index (Phi) is 7.54. The first-order valence-electron chi connectivity index (χ1n) is 11.3. The minimum absolute atomic E-state index is 0.0188. The third-order valence-electron chi connectivity index (χ3n) is 5.84. The highest BCUT2D eigenvalue weighted by atomic mass is 32.2. The van der Waals surface area contributed by atoms with Gasteiger partial charge in [-0.05, 0) is 37.8 Å². The quantitative estimate of drug-likeness (QED) is 0.411. The summed E-state index contributed by atoms with van der Waals surface area (Å²) in [6.07, 6.45) is -4.44. The SMILES string of the molecule is COc1ccccc1-c1nn(O)c2nc(N=C3CCC(NS(=O)(=O)CCC(F)(F)F)CC3)nc(OC)c12. The van der Waals surface area contributed by atoms with Gasteiger partial charge in [-0.1, -0.05) is 17.0 Å². The minimum atomic E-state index is -4.54. The summed E-state index contributed by atoms with van der Waals surface area (Å²) in [6.45, 7) is 0. The fourth-order valence-corrected chi connectivity index (χ4v) is 5.44. The maximum Gasteiger partial charge on any atom is 0.390 e. The molecular weight excluding hydrogens is 517 g/mol. The molecule has 0 atom stereocenters. The first kappa shape index (κ1) is 26.6. The molecule has 1 aliphatic carbocycles. The lowest BCUT2D eigenvalue weighted by Gasteiger charge is -2.24. The first-order chi connectivity index (χ1) is 17.5. The molecule has 0 spiro atoms. The van der Waals surface area contributed by atoms with Gasteiger partial charge in [-0.3, -0.25) is 0 Å². The van der Waals surface area contributed by atoms with Crippen LogP contribution < -0.4 is 14.2 Å². The molecule has 200 valence electrons. The van der Waals surface area contributed by atoms with Crippen LogP contribution in [0.15, 0.2) is 29.3 Å². The van der Waals surface area contributed by atoms with Crippen LogP contribution in [-0.4, -0.2) is 71.4 Å². The summed E-state index contributed by atoms with van der Waals surface area (Å²) in [5, 5.41) is 15.0. The molecule has 0 saturated heterocycles. The van der Waals surface area contributed by atoms with Gasteiger partial charge in [-0.2, -0.15) is 23.1 Å². The second kappa shape index (κ2) is 10.5. The number of methoxy groups -OCH3 is 2.